The van der Waals surface area contributed by atoms with Crippen LogP contribution >= 0.6 is 0 Å². The molecule has 0 aromatic heterocycles. The maximum Gasteiger partial charge on any atom is 0.408 e. The molecule has 0 radical (unpaired) electrons. The van der Waals surface area contributed by atoms with Crippen LogP contribution in [0.25, 0.3) is 0 Å². The van der Waals surface area contributed by atoms with E-state index in [-0.39, 0.29) is 12.0 Å². The molecule has 0 unspecified atom stereocenters. The van der Waals surface area contributed by atoms with Crippen LogP contribution in [0.3, 0.4) is 0 Å². The second-order valence-electron chi connectivity index (χ2n) is 6.20. The van der Waals surface area contributed by atoms with Gasteiger partial charge in [-0.2, -0.15) is 0 Å². The summed E-state index contributed by atoms with van der Waals surface area (Å²) >= 11 is 0. The molecule has 4 rings (SSSR count). The third-order valence-electron chi connectivity index (χ3n) is 3.97. The van der Waals surface area contributed by atoms with Crippen molar-refractivity contribution in [1.82, 2.24) is 5.32 Å². The summed E-state index contributed by atoms with van der Waals surface area (Å²) in [7, 11) is 0. The van der Waals surface area contributed by atoms with Gasteiger partial charge in [0.05, 0.1) is 19.8 Å². The van der Waals surface area contributed by atoms with Gasteiger partial charge in [-0.05, 0) is 5.56 Å². The van der Waals surface area contributed by atoms with E-state index in [9.17, 15) is 4.79 Å². The first-order valence-corrected chi connectivity index (χ1v) is 7.57. The summed E-state index contributed by atoms with van der Waals surface area (Å²) in [6.07, 6.45) is 0.945. The normalized spacial score (nSPS) is 30.5. The molecule has 0 aliphatic carbocycles. The minimum absolute atomic E-state index is 0.138. The van der Waals surface area contributed by atoms with Gasteiger partial charge in [-0.15, -0.1) is 6.58 Å². The minimum Gasteiger partial charge on any atom is -0.445 e. The molecule has 1 aromatic carbocycles. The molecular formula is C17H21NO5. The molecule has 3 aliphatic heterocycles. The number of amides is 1. The van der Waals surface area contributed by atoms with Crippen LogP contribution in [0.2, 0.25) is 0 Å². The summed E-state index contributed by atoms with van der Waals surface area (Å²) in [5.41, 5.74) is 0.771. The molecule has 0 saturated carbocycles. The first-order valence-electron chi connectivity index (χ1n) is 7.57. The van der Waals surface area contributed by atoms with Gasteiger partial charge in [0, 0.05) is 5.41 Å². The highest BCUT2D eigenvalue weighted by Crippen LogP contribution is 2.39. The number of rotatable bonds is 5. The molecule has 6 heteroatoms. The van der Waals surface area contributed by atoms with Crippen LogP contribution in [0.5, 0.6) is 0 Å². The first kappa shape index (κ1) is 16.0. The minimum atomic E-state index is -1.31. The van der Waals surface area contributed by atoms with Crippen molar-refractivity contribution < 1.29 is 23.7 Å². The van der Waals surface area contributed by atoms with Crippen molar-refractivity contribution in [2.24, 2.45) is 5.41 Å². The fourth-order valence-corrected chi connectivity index (χ4v) is 2.53. The molecule has 1 atom stereocenters. The van der Waals surface area contributed by atoms with Gasteiger partial charge in [-0.3, -0.25) is 0 Å². The van der Waals surface area contributed by atoms with E-state index in [2.05, 4.69) is 11.9 Å². The van der Waals surface area contributed by atoms with Crippen LogP contribution in [0, 0.1) is 5.41 Å². The number of benzene rings is 1. The second kappa shape index (κ2) is 6.31. The van der Waals surface area contributed by atoms with Crippen LogP contribution in [-0.2, 0) is 25.6 Å². The van der Waals surface area contributed by atoms with Crippen molar-refractivity contribution in [3.8, 4) is 0 Å². The molecular weight excluding hydrogens is 299 g/mol. The monoisotopic (exact) mass is 320 g/mol. The summed E-state index contributed by atoms with van der Waals surface area (Å²) in [5, 5.41) is 2.68. The Bertz CT molecular complexity index is 549. The number of hydrogen-bond donors (Lipinski definition) is 1. The Morgan fingerprint density at radius 2 is 1.91 bits per heavy atom. The molecule has 3 fully saturated rings. The average molecular weight is 320 g/mol. The van der Waals surface area contributed by atoms with Gasteiger partial charge in [0.15, 0.2) is 0 Å². The highest BCUT2D eigenvalue weighted by Gasteiger charge is 2.54. The molecule has 3 aliphatic rings. The molecule has 124 valence electrons. The van der Waals surface area contributed by atoms with Crippen LogP contribution < -0.4 is 5.32 Å². The number of nitrogens with one attached hydrogen (secondary N) is 1. The molecule has 1 amide bonds. The zero-order valence-electron chi connectivity index (χ0n) is 13.1. The third kappa shape index (κ3) is 3.39. The summed E-state index contributed by atoms with van der Waals surface area (Å²) < 4.78 is 22.3. The van der Waals surface area contributed by atoms with E-state index in [1.54, 1.807) is 0 Å². The smallest absolute Gasteiger partial charge is 0.408 e. The van der Waals surface area contributed by atoms with Crippen LogP contribution in [0.1, 0.15) is 12.5 Å². The number of carbonyl (C=O) groups excluding carboxylic acids is 1. The first-order chi connectivity index (χ1) is 11.1. The SMILES string of the molecule is CC12COC([C@H](C=[13CH2])NC(=O)OCc3ccccc3)(OC1)OC2. The highest BCUT2D eigenvalue weighted by molar-refractivity contribution is 5.68. The van der Waals surface area contributed by atoms with Gasteiger partial charge in [-0.1, -0.05) is 43.3 Å². The maximum atomic E-state index is 12.0. The van der Waals surface area contributed by atoms with E-state index in [0.717, 1.165) is 5.56 Å². The Labute approximate surface area is 135 Å². The van der Waals surface area contributed by atoms with Gasteiger partial charge in [0.25, 0.3) is 0 Å². The van der Waals surface area contributed by atoms with Crippen LogP contribution in [0.15, 0.2) is 43.0 Å². The molecule has 23 heavy (non-hydrogen) atoms. The van der Waals surface area contributed by atoms with Gasteiger partial charge in [-0.25, -0.2) is 4.79 Å². The van der Waals surface area contributed by atoms with Crippen molar-refractivity contribution >= 4 is 6.09 Å². The van der Waals surface area contributed by atoms with E-state index in [1.165, 1.54) is 6.08 Å². The topological polar surface area (TPSA) is 66.0 Å². The van der Waals surface area contributed by atoms with Gasteiger partial charge in [0.1, 0.15) is 12.6 Å². The van der Waals surface area contributed by atoms with Gasteiger partial charge in [0.2, 0.25) is 0 Å². The summed E-state index contributed by atoms with van der Waals surface area (Å²) in [6.45, 7) is 7.47. The Morgan fingerprint density at radius 3 is 2.48 bits per heavy atom. The van der Waals surface area contributed by atoms with Crippen molar-refractivity contribution in [3.05, 3.63) is 48.6 Å². The molecule has 3 saturated heterocycles. The van der Waals surface area contributed by atoms with E-state index >= 15 is 0 Å². The third-order valence-corrected chi connectivity index (χ3v) is 3.97. The predicted octanol–water partition coefficient (Wildman–Crippen LogP) is 2.20. The maximum absolute atomic E-state index is 12.0. The Morgan fingerprint density at radius 1 is 1.30 bits per heavy atom. The zero-order valence-corrected chi connectivity index (χ0v) is 13.1. The van der Waals surface area contributed by atoms with Gasteiger partial charge >= 0.3 is 12.1 Å². The van der Waals surface area contributed by atoms with Crippen LogP contribution in [0.4, 0.5) is 4.79 Å². The van der Waals surface area contributed by atoms with E-state index in [0.29, 0.717) is 19.8 Å². The summed E-state index contributed by atoms with van der Waals surface area (Å²) in [4.78, 5) is 12.0. The lowest BCUT2D eigenvalue weighted by atomic mass is 9.91. The molecule has 3 heterocycles. The summed E-state index contributed by atoms with van der Waals surface area (Å²) in [6, 6.07) is 8.79. The molecule has 1 aromatic rings. The van der Waals surface area contributed by atoms with Crippen molar-refractivity contribution in [3.63, 3.8) is 0 Å². The number of ether oxygens (including phenoxy) is 4. The fourth-order valence-electron chi connectivity index (χ4n) is 2.53. The lowest BCUT2D eigenvalue weighted by Gasteiger charge is -2.52. The average Bonchev–Trinajstić information content (AvgIpc) is 2.60. The van der Waals surface area contributed by atoms with E-state index in [4.69, 9.17) is 18.9 Å². The highest BCUT2D eigenvalue weighted by atomic mass is 16.9. The Balaban J connectivity index is 1.57. The fraction of sp³-hybridized carbons (Fsp3) is 0.471. The lowest BCUT2D eigenvalue weighted by Crippen LogP contribution is -2.66. The standard InChI is InChI=1S/C17H21NO5/c1-3-14(17-21-10-16(2,11-22-17)12-23-17)18-15(19)20-9-13-7-5-4-6-8-13/h3-8,14H,1,9-12H2,2H3,(H,18,19)/t14-,16?,17?/m0/s1/i1+1. The molecule has 6 nitrogen and oxygen atoms in total. The van der Waals surface area contributed by atoms with Crippen molar-refractivity contribution in [2.45, 2.75) is 25.5 Å². The lowest BCUT2D eigenvalue weighted by molar-refractivity contribution is -0.469. The number of carbonyl (C=O) groups is 1. The molecule has 0 spiro atoms. The number of fused-ring (bicyclic) bond motifs is 3. The number of hydrogen-bond acceptors (Lipinski definition) is 5. The largest absolute Gasteiger partial charge is 0.445 e. The quantitative estimate of drug-likeness (QED) is 0.665. The van der Waals surface area contributed by atoms with Crippen molar-refractivity contribution in [1.29, 1.82) is 0 Å². The van der Waals surface area contributed by atoms with Gasteiger partial charge < -0.3 is 24.3 Å². The zero-order chi connectivity index (χ0) is 16.3. The Kier molecular flexibility index (Phi) is 4.39. The molecule has 2 bridgehead atoms. The predicted molar refractivity (Wildman–Crippen MR) is 82.4 cm³/mol. The number of alkyl carbamates (subject to hydrolysis) is 1. The van der Waals surface area contributed by atoms with Crippen LogP contribution in [-0.4, -0.2) is 37.9 Å². The Hall–Kier alpha value is -1.89. The second-order valence-corrected chi connectivity index (χ2v) is 6.20. The molecule has 1 N–H and O–H groups in total. The van der Waals surface area contributed by atoms with E-state index in [1.807, 2.05) is 37.3 Å². The summed E-state index contributed by atoms with van der Waals surface area (Å²) in [5.74, 6) is -1.31. The van der Waals surface area contributed by atoms with Crippen molar-refractivity contribution in [2.75, 3.05) is 19.8 Å². The van der Waals surface area contributed by atoms with E-state index < -0.39 is 18.1 Å².